The summed E-state index contributed by atoms with van der Waals surface area (Å²) in [5, 5.41) is 0. The fourth-order valence-corrected chi connectivity index (χ4v) is 4.02. The van der Waals surface area contributed by atoms with Gasteiger partial charge in [0.25, 0.3) is 0 Å². The van der Waals surface area contributed by atoms with E-state index in [4.69, 9.17) is 4.74 Å². The van der Waals surface area contributed by atoms with Crippen molar-refractivity contribution in [1.29, 1.82) is 0 Å². The third kappa shape index (κ3) is 4.89. The van der Waals surface area contributed by atoms with Crippen LogP contribution in [0, 0.1) is 0 Å². The van der Waals surface area contributed by atoms with E-state index in [1.165, 1.54) is 25.4 Å². The Bertz CT molecular complexity index is 1210. The quantitative estimate of drug-likeness (QED) is 0.407. The van der Waals surface area contributed by atoms with Gasteiger partial charge in [0.1, 0.15) is 0 Å². The first kappa shape index (κ1) is 22.5. The molecule has 1 aliphatic heterocycles. The third-order valence-corrected chi connectivity index (χ3v) is 5.70. The number of benzene rings is 2. The molecule has 4 rings (SSSR count). The number of nitrogens with zero attached hydrogens (tertiary/aromatic N) is 2. The number of rotatable bonds is 5. The predicted molar refractivity (Wildman–Crippen MR) is 116 cm³/mol. The number of carbonyl (C=O) groups is 2. The number of aromatic nitrogens is 1. The summed E-state index contributed by atoms with van der Waals surface area (Å²) in [5.41, 5.74) is 3.06. The molecular formula is C25H21F3N2O3. The maximum absolute atomic E-state index is 13.0. The number of halogens is 3. The third-order valence-electron chi connectivity index (χ3n) is 5.70. The number of alkyl halides is 3. The molecule has 0 amide bonds. The molecule has 0 N–H and O–H groups in total. The average Bonchev–Trinajstić information content (AvgIpc) is 2.82. The number of carbonyl (C=O) groups excluding carboxylic acids is 2. The van der Waals surface area contributed by atoms with Crippen LogP contribution in [-0.2, 0) is 30.3 Å². The van der Waals surface area contributed by atoms with E-state index in [9.17, 15) is 22.8 Å². The summed E-state index contributed by atoms with van der Waals surface area (Å²) in [7, 11) is 1.33. The standard InChI is InChI=1S/C25H21F3N2O3/c1-33-24(32)22-14-29-13-18-15-30(9-8-21(18)22)20-7-3-5-17(12-20)23(31)11-16-4-2-6-19(10-16)25(26,27)28/h2-7,10,12-14H,8-9,11,15H2,1H3. The van der Waals surface area contributed by atoms with Crippen LogP contribution in [-0.4, -0.2) is 30.4 Å². The van der Waals surface area contributed by atoms with Gasteiger partial charge in [0.2, 0.25) is 0 Å². The van der Waals surface area contributed by atoms with E-state index in [2.05, 4.69) is 9.88 Å². The second-order valence-corrected chi connectivity index (χ2v) is 7.84. The number of hydrogen-bond acceptors (Lipinski definition) is 5. The largest absolute Gasteiger partial charge is 0.465 e. The number of methoxy groups -OCH3 is 1. The van der Waals surface area contributed by atoms with E-state index < -0.39 is 17.7 Å². The zero-order valence-corrected chi connectivity index (χ0v) is 17.9. The van der Waals surface area contributed by atoms with E-state index in [1.807, 2.05) is 6.07 Å². The van der Waals surface area contributed by atoms with Crippen molar-refractivity contribution in [2.24, 2.45) is 0 Å². The summed E-state index contributed by atoms with van der Waals surface area (Å²) in [6.45, 7) is 1.14. The molecule has 170 valence electrons. The Morgan fingerprint density at radius 1 is 1.09 bits per heavy atom. The van der Waals surface area contributed by atoms with Crippen molar-refractivity contribution in [2.75, 3.05) is 18.6 Å². The van der Waals surface area contributed by atoms with Crippen LogP contribution >= 0.6 is 0 Å². The van der Waals surface area contributed by atoms with Crippen molar-refractivity contribution in [3.8, 4) is 0 Å². The van der Waals surface area contributed by atoms with E-state index in [0.717, 1.165) is 28.9 Å². The lowest BCUT2D eigenvalue weighted by atomic mass is 9.96. The highest BCUT2D eigenvalue weighted by molar-refractivity contribution is 5.98. The molecule has 0 saturated carbocycles. The molecule has 0 aliphatic carbocycles. The molecule has 33 heavy (non-hydrogen) atoms. The zero-order valence-electron chi connectivity index (χ0n) is 17.9. The maximum Gasteiger partial charge on any atom is 0.416 e. The summed E-state index contributed by atoms with van der Waals surface area (Å²) in [6, 6.07) is 11.9. The molecule has 0 fully saturated rings. The fourth-order valence-electron chi connectivity index (χ4n) is 4.02. The smallest absolute Gasteiger partial charge is 0.416 e. The molecule has 0 spiro atoms. The SMILES string of the molecule is COC(=O)c1cncc2c1CCN(c1cccc(C(=O)Cc3cccc(C(F)(F)F)c3)c1)C2. The van der Waals surface area contributed by atoms with Gasteiger partial charge in [-0.1, -0.05) is 30.3 Å². The van der Waals surface area contributed by atoms with Crippen molar-refractivity contribution in [3.63, 3.8) is 0 Å². The highest BCUT2D eigenvalue weighted by Crippen LogP contribution is 2.30. The van der Waals surface area contributed by atoms with Crippen molar-refractivity contribution in [2.45, 2.75) is 25.6 Å². The predicted octanol–water partition coefficient (Wildman–Crippen LogP) is 4.88. The second-order valence-electron chi connectivity index (χ2n) is 7.84. The van der Waals surface area contributed by atoms with Gasteiger partial charge in [-0.25, -0.2) is 4.79 Å². The zero-order chi connectivity index (χ0) is 23.6. The highest BCUT2D eigenvalue weighted by atomic mass is 19.4. The lowest BCUT2D eigenvalue weighted by Gasteiger charge is -2.31. The first-order valence-electron chi connectivity index (χ1n) is 10.3. The lowest BCUT2D eigenvalue weighted by molar-refractivity contribution is -0.137. The summed E-state index contributed by atoms with van der Waals surface area (Å²) >= 11 is 0. The maximum atomic E-state index is 13.0. The van der Waals surface area contributed by atoms with Crippen LogP contribution in [0.2, 0.25) is 0 Å². The Morgan fingerprint density at radius 3 is 2.64 bits per heavy atom. The van der Waals surface area contributed by atoms with E-state index in [0.29, 0.717) is 36.2 Å². The average molecular weight is 454 g/mol. The number of ether oxygens (including phenoxy) is 1. The topological polar surface area (TPSA) is 59.5 Å². The Morgan fingerprint density at radius 2 is 1.88 bits per heavy atom. The van der Waals surface area contributed by atoms with Gasteiger partial charge < -0.3 is 9.64 Å². The van der Waals surface area contributed by atoms with Gasteiger partial charge in [-0.05, 0) is 41.3 Å². The molecule has 0 atom stereocenters. The van der Waals surface area contributed by atoms with Gasteiger partial charge in [0.15, 0.2) is 5.78 Å². The minimum absolute atomic E-state index is 0.122. The molecule has 0 unspecified atom stereocenters. The summed E-state index contributed by atoms with van der Waals surface area (Å²) in [4.78, 5) is 31.0. The molecule has 1 aromatic heterocycles. The van der Waals surface area contributed by atoms with Crippen molar-refractivity contribution in [1.82, 2.24) is 4.98 Å². The first-order chi connectivity index (χ1) is 15.8. The molecule has 0 saturated heterocycles. The molecular weight excluding hydrogens is 433 g/mol. The van der Waals surface area contributed by atoms with Crippen LogP contribution in [0.15, 0.2) is 60.9 Å². The Hall–Kier alpha value is -3.68. The van der Waals surface area contributed by atoms with Crippen LogP contribution in [0.1, 0.15) is 43.0 Å². The molecule has 0 radical (unpaired) electrons. The van der Waals surface area contributed by atoms with Crippen LogP contribution in [0.5, 0.6) is 0 Å². The number of pyridine rings is 1. The lowest BCUT2D eigenvalue weighted by Crippen LogP contribution is -2.31. The van der Waals surface area contributed by atoms with Gasteiger partial charge in [0, 0.05) is 43.2 Å². The van der Waals surface area contributed by atoms with E-state index in [-0.39, 0.29) is 12.2 Å². The Kier molecular flexibility index (Phi) is 6.18. The first-order valence-corrected chi connectivity index (χ1v) is 10.3. The normalized spacial score (nSPS) is 13.4. The number of Topliss-reactive ketones (excluding diaryl/α,β-unsaturated/α-hetero) is 1. The summed E-state index contributed by atoms with van der Waals surface area (Å²) < 4.78 is 43.7. The van der Waals surface area contributed by atoms with Gasteiger partial charge in [-0.15, -0.1) is 0 Å². The van der Waals surface area contributed by atoms with Crippen LogP contribution in [0.4, 0.5) is 18.9 Å². The number of ketones is 1. The Labute approximate surface area is 188 Å². The minimum atomic E-state index is -4.45. The second kappa shape index (κ2) is 9.05. The van der Waals surface area contributed by atoms with E-state index >= 15 is 0 Å². The molecule has 8 heteroatoms. The number of fused-ring (bicyclic) bond motifs is 1. The molecule has 0 bridgehead atoms. The van der Waals surface area contributed by atoms with Crippen LogP contribution in [0.25, 0.3) is 0 Å². The monoisotopic (exact) mass is 454 g/mol. The number of esters is 1. The van der Waals surface area contributed by atoms with Crippen molar-refractivity contribution in [3.05, 3.63) is 94.3 Å². The van der Waals surface area contributed by atoms with Crippen LogP contribution in [0.3, 0.4) is 0 Å². The molecule has 3 aromatic rings. The minimum Gasteiger partial charge on any atom is -0.465 e. The van der Waals surface area contributed by atoms with Gasteiger partial charge in [0.05, 0.1) is 18.2 Å². The van der Waals surface area contributed by atoms with Crippen LogP contribution < -0.4 is 4.90 Å². The summed E-state index contributed by atoms with van der Waals surface area (Å²) in [5.74, 6) is -0.682. The van der Waals surface area contributed by atoms with Crippen molar-refractivity contribution < 1.29 is 27.5 Å². The fraction of sp³-hybridized carbons (Fsp3) is 0.240. The number of anilines is 1. The highest BCUT2D eigenvalue weighted by Gasteiger charge is 2.30. The molecule has 5 nitrogen and oxygen atoms in total. The van der Waals surface area contributed by atoms with Gasteiger partial charge >= 0.3 is 12.1 Å². The molecule has 2 aromatic carbocycles. The molecule has 2 heterocycles. The Balaban J connectivity index is 1.52. The van der Waals surface area contributed by atoms with Gasteiger partial charge in [-0.3, -0.25) is 9.78 Å². The number of hydrogen-bond donors (Lipinski definition) is 0. The molecule has 1 aliphatic rings. The van der Waals surface area contributed by atoms with E-state index in [1.54, 1.807) is 24.4 Å². The van der Waals surface area contributed by atoms with Gasteiger partial charge in [-0.2, -0.15) is 13.2 Å². The summed E-state index contributed by atoms with van der Waals surface area (Å²) in [6.07, 6.45) is -0.733. The van der Waals surface area contributed by atoms with Crippen molar-refractivity contribution >= 4 is 17.4 Å².